The number of anilines is 3. The van der Waals surface area contributed by atoms with E-state index in [9.17, 15) is 9.90 Å². The van der Waals surface area contributed by atoms with Crippen molar-refractivity contribution in [2.45, 2.75) is 29.7 Å². The van der Waals surface area contributed by atoms with E-state index >= 15 is 0 Å². The first kappa shape index (κ1) is 28.7. The summed E-state index contributed by atoms with van der Waals surface area (Å²) >= 11 is 3.09. The van der Waals surface area contributed by atoms with Crippen LogP contribution in [0.5, 0.6) is 5.75 Å². The molecule has 0 saturated carbocycles. The number of carbonyl (C=O) groups is 1. The number of hydrogen-bond acceptors (Lipinski definition) is 11. The van der Waals surface area contributed by atoms with Crippen LogP contribution in [0.2, 0.25) is 0 Å². The monoisotopic (exact) mass is 571 g/mol. The number of ether oxygens (including phenoxy) is 3. The van der Waals surface area contributed by atoms with E-state index in [0.717, 1.165) is 45.1 Å². The molecule has 10 nitrogen and oxygen atoms in total. The predicted octanol–water partition coefficient (Wildman–Crippen LogP) is 5.08. The molecule has 1 atom stereocenters. The standard InChI is InChI=1S/C27H33N5O5S2/c1-4-7-37-26(34)31-20-10-19(11-23(13-20)35-3)15-28-25-14-22(32-5-8-36-9-6-32)12-21(30-25)17-38-27-29-16-24(39-27)18(2)33/h4,10-14,16,18,33H,1,5-9,15,17H2,2-3H3,(H,28,30)(H,31,34). The van der Waals surface area contributed by atoms with Gasteiger partial charge in [0.1, 0.15) is 18.2 Å². The van der Waals surface area contributed by atoms with Gasteiger partial charge in [0.05, 0.1) is 37.0 Å². The van der Waals surface area contributed by atoms with Gasteiger partial charge in [-0.05, 0) is 30.7 Å². The Morgan fingerprint density at radius 2 is 2.13 bits per heavy atom. The number of aromatic nitrogens is 2. The van der Waals surface area contributed by atoms with E-state index in [4.69, 9.17) is 19.2 Å². The predicted molar refractivity (Wildman–Crippen MR) is 155 cm³/mol. The molecule has 3 heterocycles. The smallest absolute Gasteiger partial charge is 0.411 e. The molecule has 1 aromatic carbocycles. The maximum Gasteiger partial charge on any atom is 0.411 e. The van der Waals surface area contributed by atoms with Crippen molar-refractivity contribution in [3.8, 4) is 5.75 Å². The van der Waals surface area contributed by atoms with Gasteiger partial charge in [-0.3, -0.25) is 5.32 Å². The molecular formula is C27H33N5O5S2. The van der Waals surface area contributed by atoms with Gasteiger partial charge in [-0.15, -0.1) is 11.3 Å². The van der Waals surface area contributed by atoms with Crippen LogP contribution in [0.1, 0.15) is 29.2 Å². The quantitative estimate of drug-likeness (QED) is 0.201. The Bertz CT molecular complexity index is 1260. The number of thiazole rings is 1. The molecule has 1 aliphatic rings. The van der Waals surface area contributed by atoms with Crippen LogP contribution in [0.3, 0.4) is 0 Å². The molecule has 12 heteroatoms. The molecule has 4 rings (SSSR count). The number of carbonyl (C=O) groups excluding carboxylic acids is 1. The number of nitrogens with one attached hydrogen (secondary N) is 2. The molecule has 0 bridgehead atoms. The summed E-state index contributed by atoms with van der Waals surface area (Å²) in [5.74, 6) is 1.99. The van der Waals surface area contributed by atoms with Crippen LogP contribution in [0.25, 0.3) is 0 Å². The zero-order valence-electron chi connectivity index (χ0n) is 22.0. The lowest BCUT2D eigenvalue weighted by molar-refractivity contribution is 0.122. The maximum atomic E-state index is 12.0. The maximum absolute atomic E-state index is 12.0. The molecule has 1 unspecified atom stereocenters. The van der Waals surface area contributed by atoms with E-state index in [-0.39, 0.29) is 6.61 Å². The zero-order chi connectivity index (χ0) is 27.6. The number of pyridine rings is 1. The van der Waals surface area contributed by atoms with Crippen molar-refractivity contribution in [3.63, 3.8) is 0 Å². The van der Waals surface area contributed by atoms with Crippen molar-refractivity contribution in [2.24, 2.45) is 0 Å². The molecule has 0 radical (unpaired) electrons. The molecule has 0 spiro atoms. The molecule has 1 amide bonds. The van der Waals surface area contributed by atoms with E-state index < -0.39 is 12.2 Å². The number of aliphatic hydroxyl groups excluding tert-OH is 1. The number of aliphatic hydroxyl groups is 1. The molecule has 3 N–H and O–H groups in total. The lowest BCUT2D eigenvalue weighted by Crippen LogP contribution is -2.36. The van der Waals surface area contributed by atoms with Gasteiger partial charge in [-0.2, -0.15) is 0 Å². The molecule has 3 aromatic rings. The Morgan fingerprint density at radius 3 is 2.85 bits per heavy atom. The van der Waals surface area contributed by atoms with Crippen LogP contribution >= 0.6 is 23.1 Å². The van der Waals surface area contributed by atoms with E-state index in [0.29, 0.717) is 36.9 Å². The molecule has 1 fully saturated rings. The van der Waals surface area contributed by atoms with Gasteiger partial charge < -0.3 is 29.5 Å². The molecule has 39 heavy (non-hydrogen) atoms. The first-order chi connectivity index (χ1) is 18.9. The first-order valence-electron chi connectivity index (χ1n) is 12.5. The third-order valence-corrected chi connectivity index (χ3v) is 8.11. The molecule has 1 saturated heterocycles. The minimum absolute atomic E-state index is 0.125. The Hall–Kier alpha value is -3.32. The van der Waals surface area contributed by atoms with Crippen LogP contribution in [0.4, 0.5) is 22.0 Å². The highest BCUT2D eigenvalue weighted by atomic mass is 32.2. The third-order valence-electron chi connectivity index (χ3n) is 5.75. The largest absolute Gasteiger partial charge is 0.497 e. The Kier molecular flexibility index (Phi) is 10.4. The van der Waals surface area contributed by atoms with Crippen molar-refractivity contribution in [1.82, 2.24) is 9.97 Å². The Labute approximate surface area is 236 Å². The molecule has 208 valence electrons. The van der Waals surface area contributed by atoms with Crippen LogP contribution in [-0.4, -0.2) is 61.2 Å². The lowest BCUT2D eigenvalue weighted by atomic mass is 10.2. The second-order valence-corrected chi connectivity index (χ2v) is 11.0. The van der Waals surface area contributed by atoms with Crippen LogP contribution < -0.4 is 20.3 Å². The summed E-state index contributed by atoms with van der Waals surface area (Å²) in [6.45, 7) is 8.87. The van der Waals surface area contributed by atoms with Gasteiger partial charge in [0, 0.05) is 55.1 Å². The normalized spacial score (nSPS) is 14.0. The van der Waals surface area contributed by atoms with Crippen LogP contribution in [-0.2, 0) is 21.8 Å². The van der Waals surface area contributed by atoms with Gasteiger partial charge in [0.15, 0.2) is 4.34 Å². The van der Waals surface area contributed by atoms with E-state index in [1.807, 2.05) is 18.2 Å². The summed E-state index contributed by atoms with van der Waals surface area (Å²) in [7, 11) is 1.58. The fraction of sp³-hybridized carbons (Fsp3) is 0.370. The van der Waals surface area contributed by atoms with Gasteiger partial charge in [0.25, 0.3) is 0 Å². The lowest BCUT2D eigenvalue weighted by Gasteiger charge is -2.29. The number of nitrogens with zero attached hydrogens (tertiary/aromatic N) is 3. The first-order valence-corrected chi connectivity index (χ1v) is 14.3. The Balaban J connectivity index is 1.50. The topological polar surface area (TPSA) is 118 Å². The second kappa shape index (κ2) is 14.2. The van der Waals surface area contributed by atoms with Gasteiger partial charge in [-0.1, -0.05) is 24.4 Å². The zero-order valence-corrected chi connectivity index (χ0v) is 23.6. The highest BCUT2D eigenvalue weighted by Gasteiger charge is 2.15. The second-order valence-electron chi connectivity index (χ2n) is 8.73. The van der Waals surface area contributed by atoms with E-state index in [2.05, 4.69) is 33.2 Å². The number of amides is 1. The van der Waals surface area contributed by atoms with E-state index in [1.165, 1.54) is 17.4 Å². The number of benzene rings is 1. The van der Waals surface area contributed by atoms with Gasteiger partial charge in [0.2, 0.25) is 0 Å². The van der Waals surface area contributed by atoms with E-state index in [1.54, 1.807) is 38.1 Å². The minimum Gasteiger partial charge on any atom is -0.497 e. The summed E-state index contributed by atoms with van der Waals surface area (Å²) < 4.78 is 16.9. The van der Waals surface area contributed by atoms with Crippen LogP contribution in [0, 0.1) is 0 Å². The fourth-order valence-corrected chi connectivity index (χ4v) is 5.67. The highest BCUT2D eigenvalue weighted by Crippen LogP contribution is 2.31. The van der Waals surface area contributed by atoms with Gasteiger partial charge >= 0.3 is 6.09 Å². The molecular weight excluding hydrogens is 538 g/mol. The fourth-order valence-electron chi connectivity index (χ4n) is 3.84. The number of hydrogen-bond donors (Lipinski definition) is 3. The van der Waals surface area contributed by atoms with Crippen molar-refractivity contribution >= 4 is 46.4 Å². The van der Waals surface area contributed by atoms with Crippen molar-refractivity contribution < 1.29 is 24.1 Å². The highest BCUT2D eigenvalue weighted by molar-refractivity contribution is 8.00. The molecule has 0 aliphatic carbocycles. The van der Waals surface area contributed by atoms with Crippen molar-refractivity contribution in [1.29, 1.82) is 0 Å². The number of thioether (sulfide) groups is 1. The Morgan fingerprint density at radius 1 is 1.31 bits per heavy atom. The molecule has 2 aromatic heterocycles. The number of rotatable bonds is 12. The average molecular weight is 572 g/mol. The number of morpholine rings is 1. The summed E-state index contributed by atoms with van der Waals surface area (Å²) in [6, 6.07) is 9.63. The summed E-state index contributed by atoms with van der Waals surface area (Å²) in [5.41, 5.74) is 3.45. The summed E-state index contributed by atoms with van der Waals surface area (Å²) in [4.78, 5) is 24.4. The van der Waals surface area contributed by atoms with Crippen molar-refractivity contribution in [3.05, 3.63) is 65.3 Å². The third kappa shape index (κ3) is 8.59. The van der Waals surface area contributed by atoms with Crippen molar-refractivity contribution in [2.75, 3.05) is 55.6 Å². The summed E-state index contributed by atoms with van der Waals surface area (Å²) in [6.07, 6.45) is 2.14. The average Bonchev–Trinajstić information content (AvgIpc) is 3.44. The SMILES string of the molecule is C=CCOC(=O)Nc1cc(CNc2cc(N3CCOCC3)cc(CSc3ncc(C(C)O)s3)n2)cc(OC)c1. The van der Waals surface area contributed by atoms with Crippen LogP contribution in [0.15, 0.2) is 53.5 Å². The minimum atomic E-state index is -0.565. The molecule has 1 aliphatic heterocycles. The number of methoxy groups -OCH3 is 1. The summed E-state index contributed by atoms with van der Waals surface area (Å²) in [5, 5.41) is 16.0. The van der Waals surface area contributed by atoms with Gasteiger partial charge in [-0.25, -0.2) is 14.8 Å².